The van der Waals surface area contributed by atoms with E-state index < -0.39 is 10.8 Å². The number of nitro groups is 1. The van der Waals surface area contributed by atoms with Gasteiger partial charge in [-0.3, -0.25) is 19.6 Å². The van der Waals surface area contributed by atoms with Gasteiger partial charge in [-0.1, -0.05) is 6.07 Å². The zero-order valence-corrected chi connectivity index (χ0v) is 11.8. The average molecular weight is 290 g/mol. The van der Waals surface area contributed by atoms with Crippen LogP contribution >= 0.6 is 0 Å². The Bertz CT molecular complexity index is 708. The summed E-state index contributed by atoms with van der Waals surface area (Å²) in [6.45, 7) is 1.86. The molecule has 110 valence electrons. The van der Waals surface area contributed by atoms with Crippen LogP contribution in [0.2, 0.25) is 0 Å². The summed E-state index contributed by atoms with van der Waals surface area (Å²) in [6, 6.07) is 5.25. The summed E-state index contributed by atoms with van der Waals surface area (Å²) in [5.74, 6) is -0.196. The van der Waals surface area contributed by atoms with Gasteiger partial charge in [0.15, 0.2) is 0 Å². The molecule has 1 aromatic heterocycles. The standard InChI is InChI=1S/C13H14N4O4/c1-8-4-5-11(21-3)9(6-8)14-13(18)12-10(17(19)20)7-16(2)15-12/h4-7H,1-3H3,(H,14,18). The molecule has 21 heavy (non-hydrogen) atoms. The number of benzene rings is 1. The lowest BCUT2D eigenvalue weighted by Gasteiger charge is -2.09. The molecular formula is C13H14N4O4. The van der Waals surface area contributed by atoms with Crippen molar-refractivity contribution in [1.29, 1.82) is 0 Å². The second-order valence-electron chi connectivity index (χ2n) is 4.45. The Balaban J connectivity index is 2.34. The first-order valence-electron chi connectivity index (χ1n) is 6.06. The van der Waals surface area contributed by atoms with Crippen LogP contribution in [0.1, 0.15) is 16.1 Å². The molecule has 0 bridgehead atoms. The molecule has 0 atom stereocenters. The van der Waals surface area contributed by atoms with Gasteiger partial charge in [-0.15, -0.1) is 0 Å². The van der Waals surface area contributed by atoms with Crippen molar-refractivity contribution < 1.29 is 14.5 Å². The van der Waals surface area contributed by atoms with Crippen LogP contribution in [0, 0.1) is 17.0 Å². The minimum Gasteiger partial charge on any atom is -0.495 e. The summed E-state index contributed by atoms with van der Waals surface area (Å²) in [4.78, 5) is 22.5. The molecule has 2 rings (SSSR count). The molecule has 0 aliphatic rings. The van der Waals surface area contributed by atoms with Crippen LogP contribution in [0.3, 0.4) is 0 Å². The second-order valence-corrected chi connectivity index (χ2v) is 4.45. The average Bonchev–Trinajstić information content (AvgIpc) is 2.81. The summed E-state index contributed by atoms with van der Waals surface area (Å²) < 4.78 is 6.37. The molecule has 2 aromatic rings. The molecule has 0 saturated heterocycles. The number of nitrogens with one attached hydrogen (secondary N) is 1. The monoisotopic (exact) mass is 290 g/mol. The summed E-state index contributed by atoms with van der Waals surface area (Å²) in [6.07, 6.45) is 1.18. The Hall–Kier alpha value is -2.90. The van der Waals surface area contributed by atoms with Gasteiger partial charge in [0.25, 0.3) is 5.91 Å². The number of methoxy groups -OCH3 is 1. The number of hydrogen-bond acceptors (Lipinski definition) is 5. The zero-order valence-electron chi connectivity index (χ0n) is 11.8. The van der Waals surface area contributed by atoms with Gasteiger partial charge in [0.2, 0.25) is 5.69 Å². The number of carbonyl (C=O) groups excluding carboxylic acids is 1. The fourth-order valence-electron chi connectivity index (χ4n) is 1.87. The lowest BCUT2D eigenvalue weighted by Crippen LogP contribution is -2.15. The molecule has 0 radical (unpaired) electrons. The molecule has 0 fully saturated rings. The molecule has 0 aliphatic heterocycles. The van der Waals surface area contributed by atoms with Gasteiger partial charge in [0, 0.05) is 7.05 Å². The van der Waals surface area contributed by atoms with Gasteiger partial charge in [-0.2, -0.15) is 5.10 Å². The zero-order chi connectivity index (χ0) is 15.6. The Morgan fingerprint density at radius 1 is 1.48 bits per heavy atom. The maximum absolute atomic E-state index is 12.2. The van der Waals surface area contributed by atoms with E-state index in [1.807, 2.05) is 13.0 Å². The molecule has 1 aromatic carbocycles. The van der Waals surface area contributed by atoms with E-state index in [2.05, 4.69) is 10.4 Å². The molecule has 0 saturated carbocycles. The van der Waals surface area contributed by atoms with Crippen molar-refractivity contribution >= 4 is 17.3 Å². The van der Waals surface area contributed by atoms with Crippen molar-refractivity contribution in [2.45, 2.75) is 6.92 Å². The van der Waals surface area contributed by atoms with E-state index in [0.717, 1.165) is 5.56 Å². The van der Waals surface area contributed by atoms with Crippen LogP contribution in [0.15, 0.2) is 24.4 Å². The molecule has 8 nitrogen and oxygen atoms in total. The molecule has 1 heterocycles. The van der Waals surface area contributed by atoms with E-state index in [9.17, 15) is 14.9 Å². The predicted octanol–water partition coefficient (Wildman–Crippen LogP) is 1.90. The number of aryl methyl sites for hydroxylation is 2. The van der Waals surface area contributed by atoms with Crippen LogP contribution in [0.25, 0.3) is 0 Å². The SMILES string of the molecule is COc1ccc(C)cc1NC(=O)c1nn(C)cc1[N+](=O)[O-]. The third-order valence-corrected chi connectivity index (χ3v) is 2.82. The van der Waals surface area contributed by atoms with Gasteiger partial charge in [0.1, 0.15) is 11.9 Å². The minimum atomic E-state index is -0.661. The highest BCUT2D eigenvalue weighted by Crippen LogP contribution is 2.26. The van der Waals surface area contributed by atoms with Crippen molar-refractivity contribution in [1.82, 2.24) is 9.78 Å². The number of anilines is 1. The van der Waals surface area contributed by atoms with Gasteiger partial charge in [0.05, 0.1) is 17.7 Å². The lowest BCUT2D eigenvalue weighted by molar-refractivity contribution is -0.385. The molecule has 0 unspecified atom stereocenters. The number of ether oxygens (including phenoxy) is 1. The number of hydrogen-bond donors (Lipinski definition) is 1. The van der Waals surface area contributed by atoms with E-state index >= 15 is 0 Å². The Morgan fingerprint density at radius 2 is 2.19 bits per heavy atom. The Labute approximate surface area is 120 Å². The number of amides is 1. The fourth-order valence-corrected chi connectivity index (χ4v) is 1.87. The number of carbonyl (C=O) groups is 1. The van der Waals surface area contributed by atoms with E-state index in [1.165, 1.54) is 25.0 Å². The molecule has 0 spiro atoms. The van der Waals surface area contributed by atoms with Crippen molar-refractivity contribution in [3.05, 3.63) is 45.8 Å². The normalized spacial score (nSPS) is 10.2. The third kappa shape index (κ3) is 2.99. The van der Waals surface area contributed by atoms with E-state index in [0.29, 0.717) is 11.4 Å². The second kappa shape index (κ2) is 5.61. The molecule has 1 amide bonds. The number of nitrogens with zero attached hydrogens (tertiary/aromatic N) is 3. The number of rotatable bonds is 4. The van der Waals surface area contributed by atoms with Crippen LogP contribution in [-0.4, -0.2) is 27.7 Å². The van der Waals surface area contributed by atoms with Crippen LogP contribution in [-0.2, 0) is 7.05 Å². The largest absolute Gasteiger partial charge is 0.495 e. The predicted molar refractivity (Wildman–Crippen MR) is 75.5 cm³/mol. The highest BCUT2D eigenvalue weighted by atomic mass is 16.6. The van der Waals surface area contributed by atoms with Crippen molar-refractivity contribution in [3.8, 4) is 5.75 Å². The van der Waals surface area contributed by atoms with Crippen LogP contribution in [0.5, 0.6) is 5.75 Å². The minimum absolute atomic E-state index is 0.244. The first kappa shape index (κ1) is 14.5. The molecule has 1 N–H and O–H groups in total. The topological polar surface area (TPSA) is 99.3 Å². The lowest BCUT2D eigenvalue weighted by atomic mass is 10.2. The fraction of sp³-hybridized carbons (Fsp3) is 0.231. The van der Waals surface area contributed by atoms with Crippen molar-refractivity contribution in [2.75, 3.05) is 12.4 Å². The van der Waals surface area contributed by atoms with Gasteiger partial charge < -0.3 is 10.1 Å². The Morgan fingerprint density at radius 3 is 2.81 bits per heavy atom. The first-order valence-corrected chi connectivity index (χ1v) is 6.06. The molecule has 8 heteroatoms. The maximum atomic E-state index is 12.2. The smallest absolute Gasteiger partial charge is 0.320 e. The Kier molecular flexibility index (Phi) is 3.88. The summed E-state index contributed by atoms with van der Waals surface area (Å²) in [5.41, 5.74) is 0.761. The summed E-state index contributed by atoms with van der Waals surface area (Å²) in [7, 11) is 2.99. The summed E-state index contributed by atoms with van der Waals surface area (Å²) >= 11 is 0. The van der Waals surface area contributed by atoms with E-state index in [1.54, 1.807) is 12.1 Å². The quantitative estimate of drug-likeness (QED) is 0.684. The highest BCUT2D eigenvalue weighted by molar-refractivity contribution is 6.06. The maximum Gasteiger partial charge on any atom is 0.320 e. The molecular weight excluding hydrogens is 276 g/mol. The first-order chi connectivity index (χ1) is 9.92. The third-order valence-electron chi connectivity index (χ3n) is 2.82. The van der Waals surface area contributed by atoms with Gasteiger partial charge in [-0.25, -0.2) is 0 Å². The van der Waals surface area contributed by atoms with Gasteiger partial charge in [-0.05, 0) is 24.6 Å². The highest BCUT2D eigenvalue weighted by Gasteiger charge is 2.25. The molecule has 0 aliphatic carbocycles. The summed E-state index contributed by atoms with van der Waals surface area (Å²) in [5, 5.41) is 17.3. The van der Waals surface area contributed by atoms with E-state index in [4.69, 9.17) is 4.74 Å². The van der Waals surface area contributed by atoms with Crippen LogP contribution < -0.4 is 10.1 Å². The van der Waals surface area contributed by atoms with Crippen LogP contribution in [0.4, 0.5) is 11.4 Å². The van der Waals surface area contributed by atoms with E-state index in [-0.39, 0.29) is 11.4 Å². The van der Waals surface area contributed by atoms with Crippen molar-refractivity contribution in [2.24, 2.45) is 7.05 Å². The van der Waals surface area contributed by atoms with Crippen molar-refractivity contribution in [3.63, 3.8) is 0 Å². The number of aromatic nitrogens is 2. The van der Waals surface area contributed by atoms with Gasteiger partial charge >= 0.3 is 5.69 Å².